The molecule has 1 aliphatic rings. The quantitative estimate of drug-likeness (QED) is 0.661. The van der Waals surface area contributed by atoms with E-state index in [0.717, 1.165) is 24.8 Å². The Morgan fingerprint density at radius 2 is 2.10 bits per heavy atom. The van der Waals surface area contributed by atoms with Gasteiger partial charge < -0.3 is 14.6 Å². The summed E-state index contributed by atoms with van der Waals surface area (Å²) in [7, 11) is 0. The van der Waals surface area contributed by atoms with Crippen molar-refractivity contribution < 1.29 is 19.4 Å². The van der Waals surface area contributed by atoms with Gasteiger partial charge in [-0.3, -0.25) is 5.43 Å². The first-order valence-electron chi connectivity index (χ1n) is 7.22. The molecule has 6 heteroatoms. The third kappa shape index (κ3) is 5.71. The van der Waals surface area contributed by atoms with E-state index in [9.17, 15) is 4.79 Å². The van der Waals surface area contributed by atoms with Crippen LogP contribution in [-0.4, -0.2) is 36.6 Å². The van der Waals surface area contributed by atoms with E-state index >= 15 is 0 Å². The summed E-state index contributed by atoms with van der Waals surface area (Å²) in [6.07, 6.45) is 2.34. The molecule has 1 aliphatic carbocycles. The summed E-state index contributed by atoms with van der Waals surface area (Å²) in [5, 5.41) is 8.71. The maximum atomic E-state index is 11.6. The number of aliphatic hydroxyl groups excluding tert-OH is 1. The molecule has 0 bridgehead atoms. The molecule has 21 heavy (non-hydrogen) atoms. The molecule has 1 aromatic rings. The van der Waals surface area contributed by atoms with Crippen LogP contribution in [0.4, 0.5) is 4.79 Å². The monoisotopic (exact) mass is 294 g/mol. The number of ether oxygens (including phenoxy) is 2. The standard InChI is InChI=1S/C15H22N2O4/c18-8-9-20-14-7-6-13(10-14)16-17-15(19)21-11-12-4-2-1-3-5-12/h1-5,13-14,16,18H,6-11H2,(H,17,19)/t13-,14+/m0/s1. The van der Waals surface area contributed by atoms with E-state index in [1.54, 1.807) is 0 Å². The number of rotatable bonds is 7. The number of aliphatic hydroxyl groups is 1. The Morgan fingerprint density at radius 1 is 1.29 bits per heavy atom. The Kier molecular flexibility index (Phi) is 6.46. The highest BCUT2D eigenvalue weighted by Gasteiger charge is 2.25. The Hall–Kier alpha value is -1.63. The van der Waals surface area contributed by atoms with Crippen LogP contribution in [0.2, 0.25) is 0 Å². The largest absolute Gasteiger partial charge is 0.444 e. The first-order valence-corrected chi connectivity index (χ1v) is 7.22. The predicted octanol–water partition coefficient (Wildman–Crippen LogP) is 1.35. The van der Waals surface area contributed by atoms with E-state index in [-0.39, 0.29) is 25.4 Å². The third-order valence-electron chi connectivity index (χ3n) is 3.42. The van der Waals surface area contributed by atoms with Crippen molar-refractivity contribution in [2.24, 2.45) is 0 Å². The third-order valence-corrected chi connectivity index (χ3v) is 3.42. The summed E-state index contributed by atoms with van der Waals surface area (Å²) in [5.41, 5.74) is 6.46. The Bertz CT molecular complexity index is 427. The highest BCUT2D eigenvalue weighted by atomic mass is 16.6. The van der Waals surface area contributed by atoms with Crippen LogP contribution in [0.25, 0.3) is 0 Å². The molecular weight excluding hydrogens is 272 g/mol. The smallest absolute Gasteiger partial charge is 0.421 e. The van der Waals surface area contributed by atoms with E-state index in [1.807, 2.05) is 30.3 Å². The lowest BCUT2D eigenvalue weighted by Gasteiger charge is -2.14. The number of hydrogen-bond donors (Lipinski definition) is 3. The molecule has 3 N–H and O–H groups in total. The molecular formula is C15H22N2O4. The number of amides is 1. The molecule has 116 valence electrons. The molecule has 0 heterocycles. The van der Waals surface area contributed by atoms with Gasteiger partial charge in [0, 0.05) is 6.04 Å². The Balaban J connectivity index is 1.59. The molecule has 0 aromatic heterocycles. The number of hydrogen-bond acceptors (Lipinski definition) is 5. The molecule has 0 spiro atoms. The lowest BCUT2D eigenvalue weighted by atomic mass is 10.2. The molecule has 0 aliphatic heterocycles. The zero-order valence-electron chi connectivity index (χ0n) is 12.0. The Labute approximate surface area is 124 Å². The second kappa shape index (κ2) is 8.61. The highest BCUT2D eigenvalue weighted by molar-refractivity contribution is 5.66. The van der Waals surface area contributed by atoms with Crippen molar-refractivity contribution in [2.45, 2.75) is 38.0 Å². The van der Waals surface area contributed by atoms with Crippen molar-refractivity contribution in [3.05, 3.63) is 35.9 Å². The van der Waals surface area contributed by atoms with Gasteiger partial charge in [0.25, 0.3) is 0 Å². The van der Waals surface area contributed by atoms with Crippen LogP contribution < -0.4 is 10.9 Å². The Morgan fingerprint density at radius 3 is 2.86 bits per heavy atom. The maximum absolute atomic E-state index is 11.6. The van der Waals surface area contributed by atoms with Gasteiger partial charge in [0.15, 0.2) is 0 Å². The summed E-state index contributed by atoms with van der Waals surface area (Å²) in [5.74, 6) is 0. The fourth-order valence-electron chi connectivity index (χ4n) is 2.36. The van der Waals surface area contributed by atoms with E-state index in [2.05, 4.69) is 10.9 Å². The van der Waals surface area contributed by atoms with Crippen LogP contribution in [0.3, 0.4) is 0 Å². The van der Waals surface area contributed by atoms with Crippen molar-refractivity contribution in [2.75, 3.05) is 13.2 Å². The SMILES string of the molecule is O=C(NN[C@H]1CC[C@@H](OCCO)C1)OCc1ccccc1. The summed E-state index contributed by atoms with van der Waals surface area (Å²) in [6, 6.07) is 9.71. The first-order chi connectivity index (χ1) is 10.3. The first kappa shape index (κ1) is 15.8. The minimum Gasteiger partial charge on any atom is -0.444 e. The van der Waals surface area contributed by atoms with Crippen molar-refractivity contribution in [1.82, 2.24) is 10.9 Å². The van der Waals surface area contributed by atoms with Crippen LogP contribution in [0.1, 0.15) is 24.8 Å². The molecule has 0 radical (unpaired) electrons. The van der Waals surface area contributed by atoms with Gasteiger partial charge in [-0.25, -0.2) is 10.2 Å². The van der Waals surface area contributed by atoms with Gasteiger partial charge >= 0.3 is 6.09 Å². The van der Waals surface area contributed by atoms with Crippen LogP contribution in [0, 0.1) is 0 Å². The molecule has 1 fully saturated rings. The lowest BCUT2D eigenvalue weighted by Crippen LogP contribution is -2.43. The minimum absolute atomic E-state index is 0.0403. The summed E-state index contributed by atoms with van der Waals surface area (Å²) in [4.78, 5) is 11.6. The number of nitrogens with one attached hydrogen (secondary N) is 2. The molecule has 1 aromatic carbocycles. The van der Waals surface area contributed by atoms with Crippen LogP contribution >= 0.6 is 0 Å². The topological polar surface area (TPSA) is 79.8 Å². The molecule has 2 atom stereocenters. The molecule has 1 saturated carbocycles. The second-order valence-corrected chi connectivity index (χ2v) is 5.06. The van der Waals surface area contributed by atoms with Crippen molar-refractivity contribution in [3.8, 4) is 0 Å². The summed E-state index contributed by atoms with van der Waals surface area (Å²) in [6.45, 7) is 0.657. The highest BCUT2D eigenvalue weighted by Crippen LogP contribution is 2.21. The fourth-order valence-corrected chi connectivity index (χ4v) is 2.36. The number of carbonyl (C=O) groups is 1. The maximum Gasteiger partial charge on any atom is 0.421 e. The zero-order valence-corrected chi connectivity index (χ0v) is 12.0. The molecule has 2 rings (SSSR count). The fraction of sp³-hybridized carbons (Fsp3) is 0.533. The number of hydrazine groups is 1. The van der Waals surface area contributed by atoms with E-state index in [0.29, 0.717) is 6.61 Å². The van der Waals surface area contributed by atoms with Crippen LogP contribution in [0.5, 0.6) is 0 Å². The van der Waals surface area contributed by atoms with E-state index < -0.39 is 6.09 Å². The van der Waals surface area contributed by atoms with E-state index in [4.69, 9.17) is 14.6 Å². The van der Waals surface area contributed by atoms with E-state index in [1.165, 1.54) is 0 Å². The summed E-state index contributed by atoms with van der Waals surface area (Å²) < 4.78 is 10.6. The van der Waals surface area contributed by atoms with Crippen LogP contribution in [0.15, 0.2) is 30.3 Å². The lowest BCUT2D eigenvalue weighted by molar-refractivity contribution is 0.0314. The molecule has 0 unspecified atom stereocenters. The predicted molar refractivity (Wildman–Crippen MR) is 77.4 cm³/mol. The van der Waals surface area contributed by atoms with Gasteiger partial charge in [-0.1, -0.05) is 30.3 Å². The molecule has 0 saturated heterocycles. The zero-order chi connectivity index (χ0) is 14.9. The minimum atomic E-state index is -0.487. The van der Waals surface area contributed by atoms with Gasteiger partial charge in [-0.05, 0) is 24.8 Å². The van der Waals surface area contributed by atoms with Gasteiger partial charge in [0.1, 0.15) is 6.61 Å². The van der Waals surface area contributed by atoms with Gasteiger partial charge in [0.2, 0.25) is 0 Å². The average Bonchev–Trinajstić information content (AvgIpc) is 2.98. The molecule has 1 amide bonds. The number of carbonyl (C=O) groups excluding carboxylic acids is 1. The number of benzene rings is 1. The second-order valence-electron chi connectivity index (χ2n) is 5.06. The van der Waals surface area contributed by atoms with Crippen molar-refractivity contribution >= 4 is 6.09 Å². The van der Waals surface area contributed by atoms with Crippen molar-refractivity contribution in [1.29, 1.82) is 0 Å². The van der Waals surface area contributed by atoms with Crippen molar-refractivity contribution in [3.63, 3.8) is 0 Å². The average molecular weight is 294 g/mol. The van der Waals surface area contributed by atoms with Gasteiger partial charge in [0.05, 0.1) is 19.3 Å². The normalized spacial score (nSPS) is 21.2. The van der Waals surface area contributed by atoms with Gasteiger partial charge in [-0.15, -0.1) is 0 Å². The van der Waals surface area contributed by atoms with Gasteiger partial charge in [-0.2, -0.15) is 0 Å². The van der Waals surface area contributed by atoms with Crippen LogP contribution in [-0.2, 0) is 16.1 Å². The summed E-state index contributed by atoms with van der Waals surface area (Å²) >= 11 is 0. The molecule has 6 nitrogen and oxygen atoms in total.